The first-order valence-electron chi connectivity index (χ1n) is 19.7. The Morgan fingerprint density at radius 1 is 0.339 bits per heavy atom. The third-order valence-electron chi connectivity index (χ3n) is 12.2. The summed E-state index contributed by atoms with van der Waals surface area (Å²) in [5.41, 5.74) is 21.6. The molecule has 8 aromatic carbocycles. The topological polar surface area (TPSA) is 3.24 Å². The van der Waals surface area contributed by atoms with Gasteiger partial charge in [-0.05, 0) is 121 Å². The average Bonchev–Trinajstić information content (AvgIpc) is 3.75. The van der Waals surface area contributed by atoms with Crippen molar-refractivity contribution in [1.82, 2.24) is 0 Å². The van der Waals surface area contributed by atoms with E-state index in [2.05, 4.69) is 217 Å². The first-order valence-corrected chi connectivity index (χ1v) is 19.7. The lowest BCUT2D eigenvalue weighted by Crippen LogP contribution is -2.26. The highest BCUT2D eigenvalue weighted by Gasteiger charge is 2.52. The highest BCUT2D eigenvalue weighted by atomic mass is 15.1. The summed E-state index contributed by atoms with van der Waals surface area (Å²) >= 11 is 0. The van der Waals surface area contributed by atoms with E-state index >= 15 is 0 Å². The Morgan fingerprint density at radius 2 is 0.857 bits per heavy atom. The molecule has 0 saturated carbocycles. The third kappa shape index (κ3) is 4.94. The molecule has 3 aliphatic carbocycles. The van der Waals surface area contributed by atoms with E-state index in [0.29, 0.717) is 0 Å². The lowest BCUT2D eigenvalue weighted by Gasteiger charge is -2.32. The van der Waals surface area contributed by atoms with Crippen molar-refractivity contribution in [3.8, 4) is 44.5 Å². The van der Waals surface area contributed by atoms with Gasteiger partial charge in [0.25, 0.3) is 0 Å². The van der Waals surface area contributed by atoms with Gasteiger partial charge in [-0.3, -0.25) is 0 Å². The zero-order chi connectivity index (χ0) is 37.1. The summed E-state index contributed by atoms with van der Waals surface area (Å²) in [4.78, 5) is 2.46. The standard InChI is InChI=1S/C55H39N/c1-3-15-38(16-4-1)40-29-33-43(34-30-40)56(45-20-13-19-42(37-45)39-17-5-2-6-18-39)44-35-31-41(32-36-44)46-24-14-25-50-49-23-9-12-28-53(49)55(54(46)50)51-26-10-7-21-47(51)48-22-8-11-27-52(48)55/h1-29,31-33,35-37H,30,34H2. The quantitative estimate of drug-likeness (QED) is 0.166. The van der Waals surface area contributed by atoms with Gasteiger partial charge in [0, 0.05) is 17.1 Å². The van der Waals surface area contributed by atoms with Crippen LogP contribution < -0.4 is 4.90 Å². The molecule has 0 radical (unpaired) electrons. The van der Waals surface area contributed by atoms with Gasteiger partial charge in [-0.25, -0.2) is 0 Å². The average molecular weight is 714 g/mol. The zero-order valence-electron chi connectivity index (χ0n) is 31.1. The summed E-state index contributed by atoms with van der Waals surface area (Å²) < 4.78 is 0. The molecule has 0 amide bonds. The van der Waals surface area contributed by atoms with Gasteiger partial charge in [0.15, 0.2) is 0 Å². The van der Waals surface area contributed by atoms with Gasteiger partial charge in [-0.1, -0.05) is 182 Å². The summed E-state index contributed by atoms with van der Waals surface area (Å²) in [5, 5.41) is 0. The normalized spacial score (nSPS) is 14.3. The van der Waals surface area contributed by atoms with Gasteiger partial charge in [0.2, 0.25) is 0 Å². The molecule has 0 heterocycles. The van der Waals surface area contributed by atoms with Gasteiger partial charge < -0.3 is 4.90 Å². The minimum atomic E-state index is -0.395. The summed E-state index contributed by atoms with van der Waals surface area (Å²) in [5.74, 6) is 0. The molecule has 0 fully saturated rings. The molecule has 0 aromatic heterocycles. The van der Waals surface area contributed by atoms with Gasteiger partial charge in [-0.15, -0.1) is 0 Å². The molecule has 0 saturated heterocycles. The second-order valence-corrected chi connectivity index (χ2v) is 15.1. The van der Waals surface area contributed by atoms with Crippen molar-refractivity contribution in [2.24, 2.45) is 0 Å². The highest BCUT2D eigenvalue weighted by Crippen LogP contribution is 2.64. The Morgan fingerprint density at radius 3 is 1.48 bits per heavy atom. The predicted molar refractivity (Wildman–Crippen MR) is 234 cm³/mol. The van der Waals surface area contributed by atoms with Crippen molar-refractivity contribution in [2.45, 2.75) is 18.3 Å². The Bertz CT molecular complexity index is 2780. The highest BCUT2D eigenvalue weighted by molar-refractivity contribution is 5.98. The van der Waals surface area contributed by atoms with E-state index < -0.39 is 5.41 Å². The number of allylic oxidation sites excluding steroid dienone is 4. The van der Waals surface area contributed by atoms with E-state index in [1.54, 1.807) is 0 Å². The molecule has 3 aliphatic rings. The first-order chi connectivity index (χ1) is 27.8. The number of fused-ring (bicyclic) bond motifs is 10. The molecule has 8 aromatic rings. The molecular weight excluding hydrogens is 675 g/mol. The van der Waals surface area contributed by atoms with Crippen molar-refractivity contribution >= 4 is 16.9 Å². The number of benzene rings is 8. The number of nitrogens with zero attached hydrogens (tertiary/aromatic N) is 1. The van der Waals surface area contributed by atoms with Crippen LogP contribution in [0.1, 0.15) is 40.7 Å². The van der Waals surface area contributed by atoms with Crippen molar-refractivity contribution < 1.29 is 0 Å². The lowest BCUT2D eigenvalue weighted by atomic mass is 9.68. The van der Waals surface area contributed by atoms with E-state index in [-0.39, 0.29) is 0 Å². The summed E-state index contributed by atoms with van der Waals surface area (Å²) in [7, 11) is 0. The molecule has 1 spiro atoms. The van der Waals surface area contributed by atoms with Gasteiger partial charge in [0.1, 0.15) is 0 Å². The SMILES string of the molecule is C1=C(c2ccccc2)CCC(N(c2ccc(-c3cccc4c3C3(c5ccccc5-c5ccccc53)c3ccccc3-4)cc2)c2cccc(-c3ccccc3)c2)=C1. The van der Waals surface area contributed by atoms with E-state index in [1.165, 1.54) is 83.6 Å². The third-order valence-corrected chi connectivity index (χ3v) is 12.2. The monoisotopic (exact) mass is 713 g/mol. The Kier molecular flexibility index (Phi) is 7.60. The van der Waals surface area contributed by atoms with Crippen LogP contribution in [-0.4, -0.2) is 0 Å². The van der Waals surface area contributed by atoms with Crippen LogP contribution in [0.3, 0.4) is 0 Å². The molecular formula is C55H39N. The van der Waals surface area contributed by atoms with Crippen LogP contribution in [0, 0.1) is 0 Å². The molecule has 56 heavy (non-hydrogen) atoms. The molecule has 0 aliphatic heterocycles. The fraction of sp³-hybridized carbons (Fsp3) is 0.0545. The minimum absolute atomic E-state index is 0.395. The fourth-order valence-electron chi connectivity index (χ4n) is 9.83. The largest absolute Gasteiger partial charge is 0.314 e. The molecule has 0 atom stereocenters. The Labute approximate surface area is 329 Å². The van der Waals surface area contributed by atoms with Crippen LogP contribution in [0.2, 0.25) is 0 Å². The van der Waals surface area contributed by atoms with Crippen LogP contribution in [0.25, 0.3) is 50.1 Å². The maximum Gasteiger partial charge on any atom is 0.0731 e. The Balaban J connectivity index is 1.06. The number of hydrogen-bond acceptors (Lipinski definition) is 1. The Hall–Kier alpha value is -6.96. The maximum absolute atomic E-state index is 2.46. The van der Waals surface area contributed by atoms with Gasteiger partial charge >= 0.3 is 0 Å². The van der Waals surface area contributed by atoms with Crippen molar-refractivity contribution in [3.05, 3.63) is 246 Å². The van der Waals surface area contributed by atoms with E-state index in [4.69, 9.17) is 0 Å². The number of hydrogen-bond donors (Lipinski definition) is 0. The predicted octanol–water partition coefficient (Wildman–Crippen LogP) is 14.3. The summed E-state index contributed by atoms with van der Waals surface area (Å²) in [6, 6.07) is 73.9. The molecule has 264 valence electrons. The maximum atomic E-state index is 2.46. The van der Waals surface area contributed by atoms with Crippen LogP contribution in [-0.2, 0) is 5.41 Å². The fourth-order valence-corrected chi connectivity index (χ4v) is 9.83. The summed E-state index contributed by atoms with van der Waals surface area (Å²) in [6.45, 7) is 0. The van der Waals surface area contributed by atoms with Crippen molar-refractivity contribution in [2.75, 3.05) is 4.90 Å². The lowest BCUT2D eigenvalue weighted by molar-refractivity contribution is 0.796. The molecule has 0 bridgehead atoms. The van der Waals surface area contributed by atoms with Crippen molar-refractivity contribution in [1.29, 1.82) is 0 Å². The molecule has 1 heteroatoms. The second kappa shape index (κ2) is 13.1. The molecule has 11 rings (SSSR count). The molecule has 0 unspecified atom stereocenters. The van der Waals surface area contributed by atoms with E-state index in [9.17, 15) is 0 Å². The van der Waals surface area contributed by atoms with E-state index in [0.717, 1.165) is 24.2 Å². The van der Waals surface area contributed by atoms with Crippen molar-refractivity contribution in [3.63, 3.8) is 0 Å². The van der Waals surface area contributed by atoms with Gasteiger partial charge in [0.05, 0.1) is 5.41 Å². The van der Waals surface area contributed by atoms with E-state index in [1.807, 2.05) is 0 Å². The minimum Gasteiger partial charge on any atom is -0.314 e. The molecule has 1 nitrogen and oxygen atoms in total. The van der Waals surface area contributed by atoms with Crippen LogP contribution in [0.5, 0.6) is 0 Å². The number of rotatable bonds is 6. The van der Waals surface area contributed by atoms with Crippen LogP contribution >= 0.6 is 0 Å². The zero-order valence-corrected chi connectivity index (χ0v) is 31.1. The summed E-state index contributed by atoms with van der Waals surface area (Å²) in [6.07, 6.45) is 6.58. The molecule has 0 N–H and O–H groups in total. The second-order valence-electron chi connectivity index (χ2n) is 15.1. The van der Waals surface area contributed by atoms with Crippen LogP contribution in [0.15, 0.2) is 218 Å². The number of anilines is 2. The smallest absolute Gasteiger partial charge is 0.0731 e. The first kappa shape index (κ1) is 32.5. The van der Waals surface area contributed by atoms with Gasteiger partial charge in [-0.2, -0.15) is 0 Å². The van der Waals surface area contributed by atoms with Crippen LogP contribution in [0.4, 0.5) is 11.4 Å².